The molecular formula is C14H19N3O. The second-order valence-corrected chi connectivity index (χ2v) is 5.15. The summed E-state index contributed by atoms with van der Waals surface area (Å²) in [5, 5.41) is 3.33. The van der Waals surface area contributed by atoms with Gasteiger partial charge in [-0.05, 0) is 13.0 Å². The van der Waals surface area contributed by atoms with Gasteiger partial charge in [0.1, 0.15) is 6.04 Å². The molecule has 1 aromatic carbocycles. The van der Waals surface area contributed by atoms with Crippen molar-refractivity contribution < 1.29 is 4.79 Å². The number of carbonyl (C=O) groups is 1. The number of fused-ring (bicyclic) bond motifs is 1. The van der Waals surface area contributed by atoms with E-state index in [4.69, 9.17) is 0 Å². The van der Waals surface area contributed by atoms with E-state index in [-0.39, 0.29) is 11.9 Å². The predicted octanol–water partition coefficient (Wildman–Crippen LogP) is 0.918. The number of benzene rings is 1. The molecule has 0 spiro atoms. The zero-order valence-electron chi connectivity index (χ0n) is 10.9. The van der Waals surface area contributed by atoms with Crippen LogP contribution in [-0.2, 0) is 4.79 Å². The van der Waals surface area contributed by atoms with Crippen LogP contribution in [0.4, 0.5) is 5.69 Å². The highest BCUT2D eigenvalue weighted by atomic mass is 16.2. The Morgan fingerprint density at radius 2 is 2.00 bits per heavy atom. The number of nitrogens with zero attached hydrogens (tertiary/aromatic N) is 2. The molecule has 0 radical (unpaired) electrons. The van der Waals surface area contributed by atoms with Crippen LogP contribution in [0.1, 0.15) is 17.2 Å². The first-order chi connectivity index (χ1) is 8.68. The number of hydrogen-bond donors (Lipinski definition) is 1. The van der Waals surface area contributed by atoms with Gasteiger partial charge in [-0.1, -0.05) is 17.7 Å². The Hall–Kier alpha value is -1.39. The van der Waals surface area contributed by atoms with Gasteiger partial charge in [0, 0.05) is 44.5 Å². The third kappa shape index (κ3) is 1.72. The molecule has 0 aliphatic carbocycles. The fourth-order valence-corrected chi connectivity index (χ4v) is 2.93. The van der Waals surface area contributed by atoms with E-state index in [1.54, 1.807) is 4.90 Å². The van der Waals surface area contributed by atoms with Gasteiger partial charge in [0.2, 0.25) is 5.91 Å². The maximum Gasteiger partial charge on any atom is 0.248 e. The van der Waals surface area contributed by atoms with Crippen molar-refractivity contribution in [2.45, 2.75) is 13.0 Å². The maximum absolute atomic E-state index is 12.4. The highest BCUT2D eigenvalue weighted by molar-refractivity contribution is 6.04. The molecule has 3 rings (SSSR count). The van der Waals surface area contributed by atoms with E-state index in [1.165, 1.54) is 11.1 Å². The number of rotatable bonds is 1. The smallest absolute Gasteiger partial charge is 0.248 e. The Morgan fingerprint density at radius 3 is 2.72 bits per heavy atom. The van der Waals surface area contributed by atoms with Crippen molar-refractivity contribution in [1.29, 1.82) is 0 Å². The molecule has 1 aromatic rings. The van der Waals surface area contributed by atoms with E-state index in [0.717, 1.165) is 31.9 Å². The highest BCUT2D eigenvalue weighted by Gasteiger charge is 2.39. The number of likely N-dealkylation sites (N-methyl/N-ethyl adjacent to an activating group) is 1. The largest absolute Gasteiger partial charge is 0.314 e. The monoisotopic (exact) mass is 245 g/mol. The van der Waals surface area contributed by atoms with Crippen molar-refractivity contribution in [3.63, 3.8) is 0 Å². The van der Waals surface area contributed by atoms with Gasteiger partial charge < -0.3 is 10.2 Å². The van der Waals surface area contributed by atoms with E-state index in [2.05, 4.69) is 35.3 Å². The van der Waals surface area contributed by atoms with Crippen LogP contribution in [0.5, 0.6) is 0 Å². The van der Waals surface area contributed by atoms with E-state index in [0.29, 0.717) is 0 Å². The molecule has 1 saturated heterocycles. The van der Waals surface area contributed by atoms with Crippen LogP contribution in [0.3, 0.4) is 0 Å². The molecule has 2 heterocycles. The van der Waals surface area contributed by atoms with Crippen molar-refractivity contribution in [3.8, 4) is 0 Å². The van der Waals surface area contributed by atoms with Crippen LogP contribution in [0.15, 0.2) is 18.2 Å². The van der Waals surface area contributed by atoms with Crippen molar-refractivity contribution in [3.05, 3.63) is 29.3 Å². The van der Waals surface area contributed by atoms with Gasteiger partial charge in [-0.25, -0.2) is 0 Å². The molecule has 1 unspecified atom stereocenters. The summed E-state index contributed by atoms with van der Waals surface area (Å²) in [6.07, 6.45) is 0. The standard InChI is InChI=1S/C14H19N3O/c1-10-3-4-12-11(9-10)13(14(18)16(12)2)17-7-5-15-6-8-17/h3-4,9,13,15H,5-8H2,1-2H3. The van der Waals surface area contributed by atoms with Gasteiger partial charge in [-0.2, -0.15) is 0 Å². The maximum atomic E-state index is 12.4. The minimum absolute atomic E-state index is 0.0769. The number of hydrogen-bond acceptors (Lipinski definition) is 3. The summed E-state index contributed by atoms with van der Waals surface area (Å²) >= 11 is 0. The predicted molar refractivity (Wildman–Crippen MR) is 71.8 cm³/mol. The number of nitrogens with one attached hydrogen (secondary N) is 1. The third-order valence-corrected chi connectivity index (χ3v) is 3.92. The molecule has 0 aromatic heterocycles. The van der Waals surface area contributed by atoms with Crippen molar-refractivity contribution in [2.24, 2.45) is 0 Å². The molecule has 0 saturated carbocycles. The first kappa shape index (κ1) is 11.7. The first-order valence-electron chi connectivity index (χ1n) is 6.51. The Morgan fingerprint density at radius 1 is 1.28 bits per heavy atom. The van der Waals surface area contributed by atoms with Crippen LogP contribution in [-0.4, -0.2) is 44.0 Å². The minimum Gasteiger partial charge on any atom is -0.314 e. The summed E-state index contributed by atoms with van der Waals surface area (Å²) in [5.74, 6) is 0.206. The van der Waals surface area contributed by atoms with Crippen LogP contribution < -0.4 is 10.2 Å². The van der Waals surface area contributed by atoms with Gasteiger partial charge in [0.05, 0.1) is 0 Å². The lowest BCUT2D eigenvalue weighted by atomic mass is 10.0. The SMILES string of the molecule is Cc1ccc2c(c1)C(N1CCNCC1)C(=O)N2C. The Balaban J connectivity index is 2.00. The van der Waals surface area contributed by atoms with Crippen LogP contribution in [0, 0.1) is 6.92 Å². The Kier molecular flexibility index (Phi) is 2.84. The average Bonchev–Trinajstić information content (AvgIpc) is 2.63. The van der Waals surface area contributed by atoms with Gasteiger partial charge in [0.15, 0.2) is 0 Å². The van der Waals surface area contributed by atoms with Crippen molar-refractivity contribution in [1.82, 2.24) is 10.2 Å². The van der Waals surface area contributed by atoms with Crippen LogP contribution in [0.25, 0.3) is 0 Å². The third-order valence-electron chi connectivity index (χ3n) is 3.92. The lowest BCUT2D eigenvalue weighted by molar-refractivity contribution is -0.123. The van der Waals surface area contributed by atoms with Gasteiger partial charge in [-0.15, -0.1) is 0 Å². The van der Waals surface area contributed by atoms with Gasteiger partial charge in [0.25, 0.3) is 0 Å². The van der Waals surface area contributed by atoms with Crippen LogP contribution >= 0.6 is 0 Å². The van der Waals surface area contributed by atoms with Gasteiger partial charge in [-0.3, -0.25) is 9.69 Å². The summed E-state index contributed by atoms with van der Waals surface area (Å²) < 4.78 is 0. The molecule has 1 fully saturated rings. The Bertz CT molecular complexity index is 480. The summed E-state index contributed by atoms with van der Waals surface area (Å²) in [6.45, 7) is 5.90. The molecule has 1 atom stereocenters. The van der Waals surface area contributed by atoms with Crippen LogP contribution in [0.2, 0.25) is 0 Å². The minimum atomic E-state index is -0.0769. The van der Waals surface area contributed by atoms with Crippen molar-refractivity contribution >= 4 is 11.6 Å². The summed E-state index contributed by atoms with van der Waals surface area (Å²) in [5.41, 5.74) is 3.45. The molecule has 4 heteroatoms. The molecule has 96 valence electrons. The first-order valence-corrected chi connectivity index (χ1v) is 6.51. The second kappa shape index (κ2) is 4.37. The number of piperazine rings is 1. The molecule has 1 amide bonds. The molecule has 1 N–H and O–H groups in total. The average molecular weight is 245 g/mol. The van der Waals surface area contributed by atoms with Crippen molar-refractivity contribution in [2.75, 3.05) is 38.1 Å². The van der Waals surface area contributed by atoms with E-state index in [9.17, 15) is 4.79 Å². The highest BCUT2D eigenvalue weighted by Crippen LogP contribution is 2.38. The zero-order chi connectivity index (χ0) is 12.7. The molecule has 4 nitrogen and oxygen atoms in total. The number of anilines is 1. The lowest BCUT2D eigenvalue weighted by Crippen LogP contribution is -2.47. The quantitative estimate of drug-likeness (QED) is 0.799. The summed E-state index contributed by atoms with van der Waals surface area (Å²) in [7, 11) is 1.87. The second-order valence-electron chi connectivity index (χ2n) is 5.15. The molecule has 2 aliphatic rings. The fraction of sp³-hybridized carbons (Fsp3) is 0.500. The van der Waals surface area contributed by atoms with E-state index >= 15 is 0 Å². The number of carbonyl (C=O) groups excluding carboxylic acids is 1. The summed E-state index contributed by atoms with van der Waals surface area (Å²) in [6, 6.07) is 6.21. The Labute approximate surface area is 108 Å². The van der Waals surface area contributed by atoms with Gasteiger partial charge >= 0.3 is 0 Å². The molecular weight excluding hydrogens is 226 g/mol. The van der Waals surface area contributed by atoms with E-state index in [1.807, 2.05) is 7.05 Å². The lowest BCUT2D eigenvalue weighted by Gasteiger charge is -2.31. The summed E-state index contributed by atoms with van der Waals surface area (Å²) in [4.78, 5) is 16.5. The normalized spacial score (nSPS) is 24.4. The number of aryl methyl sites for hydroxylation is 1. The fourth-order valence-electron chi connectivity index (χ4n) is 2.93. The molecule has 2 aliphatic heterocycles. The van der Waals surface area contributed by atoms with E-state index < -0.39 is 0 Å². The molecule has 0 bridgehead atoms. The number of amides is 1. The molecule has 18 heavy (non-hydrogen) atoms. The topological polar surface area (TPSA) is 35.6 Å². The zero-order valence-corrected chi connectivity index (χ0v) is 10.9.